The lowest BCUT2D eigenvalue weighted by molar-refractivity contribution is -0.124. The summed E-state index contributed by atoms with van der Waals surface area (Å²) in [6, 6.07) is 5.19. The Bertz CT molecular complexity index is 781. The molecule has 144 valence electrons. The maximum absolute atomic E-state index is 11.7. The molecule has 0 unspecified atom stereocenters. The normalized spacial score (nSPS) is 15.6. The summed E-state index contributed by atoms with van der Waals surface area (Å²) in [4.78, 5) is 46.0. The molecule has 0 spiro atoms. The maximum atomic E-state index is 11.7. The second-order valence-corrected chi connectivity index (χ2v) is 7.69. The second-order valence-electron chi connectivity index (χ2n) is 5.32. The van der Waals surface area contributed by atoms with Gasteiger partial charge in [0.15, 0.2) is 0 Å². The fraction of sp³-hybridized carbons (Fsp3) is 0.250. The fourth-order valence-corrected chi connectivity index (χ4v) is 2.28. The third-order valence-corrected chi connectivity index (χ3v) is 3.89. The molecule has 0 aliphatic carbocycles. The van der Waals surface area contributed by atoms with Crippen LogP contribution in [0, 0.1) is 0 Å². The topological polar surface area (TPSA) is 114 Å². The summed E-state index contributed by atoms with van der Waals surface area (Å²) < 4.78 is 3.59. The van der Waals surface area contributed by atoms with E-state index in [1.807, 2.05) is 10.6 Å². The highest BCUT2D eigenvalue weighted by Crippen LogP contribution is 2.32. The van der Waals surface area contributed by atoms with Gasteiger partial charge in [0.2, 0.25) is 15.9 Å². The van der Waals surface area contributed by atoms with Gasteiger partial charge in [-0.3, -0.25) is 25.0 Å². The van der Waals surface area contributed by atoms with Crippen LogP contribution in [0.2, 0.25) is 0 Å². The molecule has 1 heterocycles. The molecule has 2 rings (SSSR count). The fourth-order valence-electron chi connectivity index (χ4n) is 1.98. The number of alkyl halides is 3. The van der Waals surface area contributed by atoms with Gasteiger partial charge in [-0.2, -0.15) is 0 Å². The van der Waals surface area contributed by atoms with E-state index in [9.17, 15) is 19.2 Å². The molecular weight excluding hydrogens is 421 g/mol. The van der Waals surface area contributed by atoms with Gasteiger partial charge < -0.3 is 10.1 Å². The summed E-state index contributed by atoms with van der Waals surface area (Å²) in [5.74, 6) is -1.70. The molecular formula is C16H14Cl3N3O5. The molecule has 27 heavy (non-hydrogen) atoms. The molecule has 11 heteroatoms. The summed E-state index contributed by atoms with van der Waals surface area (Å²) in [6.45, 7) is 1.64. The number of nitrogens with one attached hydrogen (secondary N) is 3. The molecule has 1 fully saturated rings. The van der Waals surface area contributed by atoms with Crippen molar-refractivity contribution in [3.8, 4) is 5.75 Å². The van der Waals surface area contributed by atoms with E-state index < -0.39 is 27.9 Å². The number of halogens is 3. The maximum Gasteiger partial charge on any atom is 0.328 e. The van der Waals surface area contributed by atoms with Gasteiger partial charge in [0.25, 0.3) is 11.8 Å². The molecule has 3 N–H and O–H groups in total. The molecule has 1 aromatic carbocycles. The number of hydrogen-bond donors (Lipinski definition) is 3. The molecule has 5 amide bonds. The summed E-state index contributed by atoms with van der Waals surface area (Å²) in [7, 11) is 0. The molecule has 1 atom stereocenters. The lowest BCUT2D eigenvalue weighted by Crippen LogP contribution is -2.51. The highest BCUT2D eigenvalue weighted by molar-refractivity contribution is 6.68. The Kier molecular flexibility index (Phi) is 6.69. The first-order chi connectivity index (χ1) is 12.6. The number of rotatable bonds is 5. The van der Waals surface area contributed by atoms with E-state index in [4.69, 9.17) is 39.5 Å². The molecule has 0 aromatic heterocycles. The van der Waals surface area contributed by atoms with Crippen LogP contribution in [-0.4, -0.2) is 33.8 Å². The number of imide groups is 2. The smallest absolute Gasteiger partial charge is 0.328 e. The summed E-state index contributed by atoms with van der Waals surface area (Å²) in [5, 5.41) is 6.39. The summed E-state index contributed by atoms with van der Waals surface area (Å²) in [6.07, 6.45) is 0.256. The van der Waals surface area contributed by atoms with E-state index in [1.54, 1.807) is 6.92 Å². The van der Waals surface area contributed by atoms with Crippen molar-refractivity contribution in [1.29, 1.82) is 0 Å². The highest BCUT2D eigenvalue weighted by Gasteiger charge is 2.36. The lowest BCUT2D eigenvalue weighted by Gasteiger charge is -2.26. The van der Waals surface area contributed by atoms with Crippen molar-refractivity contribution in [2.45, 2.75) is 23.4 Å². The molecule has 0 bridgehead atoms. The van der Waals surface area contributed by atoms with Crippen molar-refractivity contribution in [3.63, 3.8) is 0 Å². The molecule has 1 aliphatic rings. The number of carbonyl (C=O) groups is 4. The van der Waals surface area contributed by atoms with Crippen molar-refractivity contribution < 1.29 is 23.9 Å². The first kappa shape index (κ1) is 21.0. The predicted molar refractivity (Wildman–Crippen MR) is 99.2 cm³/mol. The minimum Gasteiger partial charge on any atom is -0.466 e. The van der Waals surface area contributed by atoms with E-state index in [0.29, 0.717) is 5.56 Å². The van der Waals surface area contributed by atoms with Crippen LogP contribution in [0.15, 0.2) is 29.8 Å². The van der Waals surface area contributed by atoms with Gasteiger partial charge in [-0.1, -0.05) is 53.9 Å². The Morgan fingerprint density at radius 3 is 2.19 bits per heavy atom. The van der Waals surface area contributed by atoms with Crippen LogP contribution in [0.25, 0.3) is 6.08 Å². The average Bonchev–Trinajstić information content (AvgIpc) is 2.57. The van der Waals surface area contributed by atoms with Crippen molar-refractivity contribution in [2.24, 2.45) is 0 Å². The van der Waals surface area contributed by atoms with Crippen molar-refractivity contribution in [1.82, 2.24) is 16.0 Å². The lowest BCUT2D eigenvalue weighted by atomic mass is 10.1. The standard InChI is InChI=1S/C16H14Cl3N3O5/c1-2-11(23)20-14(16(17,18)19)27-9-5-3-8(4-6-9)7-10-12(24)21-15(26)22-13(10)25/h3-7,14H,2H2,1H3,(H,20,23)(H2,21,22,24,25,26)/t14-/m1/s1. The average molecular weight is 435 g/mol. The number of benzene rings is 1. The van der Waals surface area contributed by atoms with Gasteiger partial charge in [0.05, 0.1) is 0 Å². The third-order valence-electron chi connectivity index (χ3n) is 3.30. The van der Waals surface area contributed by atoms with Gasteiger partial charge in [0, 0.05) is 6.42 Å². The first-order valence-electron chi connectivity index (χ1n) is 7.61. The molecule has 0 saturated carbocycles. The number of amides is 5. The molecule has 8 nitrogen and oxygen atoms in total. The van der Waals surface area contributed by atoms with Crippen molar-refractivity contribution in [3.05, 3.63) is 35.4 Å². The SMILES string of the molecule is CCC(=O)N[C@H](Oc1ccc(C=C2C(=O)NC(=O)NC2=O)cc1)C(Cl)(Cl)Cl. The Labute approximate surface area is 169 Å². The Balaban J connectivity index is 2.15. The van der Waals surface area contributed by atoms with Gasteiger partial charge in [-0.05, 0) is 23.8 Å². The molecule has 0 radical (unpaired) electrons. The Morgan fingerprint density at radius 1 is 1.15 bits per heavy atom. The Hall–Kier alpha value is -2.29. The number of ether oxygens (including phenoxy) is 1. The van der Waals surface area contributed by atoms with Crippen LogP contribution >= 0.6 is 34.8 Å². The molecule has 1 saturated heterocycles. The monoisotopic (exact) mass is 433 g/mol. The number of carbonyl (C=O) groups excluding carboxylic acids is 4. The minimum absolute atomic E-state index is 0.180. The van der Waals surface area contributed by atoms with E-state index in [-0.39, 0.29) is 23.7 Å². The highest BCUT2D eigenvalue weighted by atomic mass is 35.6. The quantitative estimate of drug-likeness (QED) is 0.284. The predicted octanol–water partition coefficient (Wildman–Crippen LogP) is 2.04. The van der Waals surface area contributed by atoms with E-state index in [2.05, 4.69) is 5.32 Å². The van der Waals surface area contributed by atoms with Gasteiger partial charge in [0.1, 0.15) is 11.3 Å². The molecule has 1 aromatic rings. The largest absolute Gasteiger partial charge is 0.466 e. The van der Waals surface area contributed by atoms with Crippen molar-refractivity contribution in [2.75, 3.05) is 0 Å². The number of urea groups is 1. The zero-order valence-electron chi connectivity index (χ0n) is 13.8. The van der Waals surface area contributed by atoms with E-state index in [1.165, 1.54) is 30.3 Å². The van der Waals surface area contributed by atoms with Crippen LogP contribution in [0.3, 0.4) is 0 Å². The van der Waals surface area contributed by atoms with Gasteiger partial charge >= 0.3 is 6.03 Å². The van der Waals surface area contributed by atoms with Crippen molar-refractivity contribution >= 4 is 64.6 Å². The van der Waals surface area contributed by atoms with Gasteiger partial charge in [-0.15, -0.1) is 0 Å². The van der Waals surface area contributed by atoms with Crippen LogP contribution < -0.4 is 20.7 Å². The van der Waals surface area contributed by atoms with Gasteiger partial charge in [-0.25, -0.2) is 4.79 Å². The summed E-state index contributed by atoms with van der Waals surface area (Å²) in [5.41, 5.74) is 0.262. The van der Waals surface area contributed by atoms with Crippen LogP contribution in [0.1, 0.15) is 18.9 Å². The second kappa shape index (κ2) is 8.60. The molecule has 1 aliphatic heterocycles. The van der Waals surface area contributed by atoms with E-state index >= 15 is 0 Å². The Morgan fingerprint density at radius 2 is 1.70 bits per heavy atom. The zero-order chi connectivity index (χ0) is 20.2. The zero-order valence-corrected chi connectivity index (χ0v) is 16.1. The van der Waals surface area contributed by atoms with Crippen LogP contribution in [0.5, 0.6) is 5.75 Å². The summed E-state index contributed by atoms with van der Waals surface area (Å²) >= 11 is 17.5. The van der Waals surface area contributed by atoms with E-state index in [0.717, 1.165) is 0 Å². The first-order valence-corrected chi connectivity index (χ1v) is 8.74. The number of barbiturate groups is 1. The number of hydrogen-bond acceptors (Lipinski definition) is 5. The minimum atomic E-state index is -1.91. The third kappa shape index (κ3) is 5.85. The van der Waals surface area contributed by atoms with Crippen LogP contribution in [0.4, 0.5) is 4.79 Å². The van der Waals surface area contributed by atoms with Crippen LogP contribution in [-0.2, 0) is 14.4 Å².